The van der Waals surface area contributed by atoms with Crippen molar-refractivity contribution in [2.75, 3.05) is 7.11 Å². The average molecular weight is 359 g/mol. The second-order valence-corrected chi connectivity index (χ2v) is 5.72. The minimum atomic E-state index is -0.332. The van der Waals surface area contributed by atoms with E-state index in [1.165, 1.54) is 12.1 Å². The SMILES string of the molecule is COc1ccc(Cl)cc1C(N)Cc1cc(F)ccc1Br. The summed E-state index contributed by atoms with van der Waals surface area (Å²) in [5, 5.41) is 0.592. The van der Waals surface area contributed by atoms with E-state index in [0.29, 0.717) is 17.2 Å². The predicted molar refractivity (Wildman–Crippen MR) is 82.7 cm³/mol. The molecule has 0 bridgehead atoms. The van der Waals surface area contributed by atoms with Crippen LogP contribution in [0.4, 0.5) is 4.39 Å². The van der Waals surface area contributed by atoms with Gasteiger partial charge in [-0.2, -0.15) is 0 Å². The highest BCUT2D eigenvalue weighted by Crippen LogP contribution is 2.30. The monoisotopic (exact) mass is 357 g/mol. The van der Waals surface area contributed by atoms with Gasteiger partial charge in [-0.05, 0) is 48.4 Å². The highest BCUT2D eigenvalue weighted by atomic mass is 79.9. The van der Waals surface area contributed by atoms with Crippen LogP contribution in [-0.2, 0) is 6.42 Å². The molecule has 0 saturated heterocycles. The summed E-state index contributed by atoms with van der Waals surface area (Å²) in [5.41, 5.74) is 7.82. The van der Waals surface area contributed by atoms with Crippen LogP contribution in [0.15, 0.2) is 40.9 Å². The number of methoxy groups -OCH3 is 1. The Morgan fingerprint density at radius 2 is 2.05 bits per heavy atom. The zero-order chi connectivity index (χ0) is 14.7. The molecule has 0 aliphatic carbocycles. The van der Waals surface area contributed by atoms with Crippen molar-refractivity contribution in [2.24, 2.45) is 5.73 Å². The maximum atomic E-state index is 13.3. The van der Waals surface area contributed by atoms with Crippen LogP contribution in [0.3, 0.4) is 0 Å². The van der Waals surface area contributed by atoms with Crippen LogP contribution in [0.1, 0.15) is 17.2 Å². The Morgan fingerprint density at radius 1 is 1.30 bits per heavy atom. The summed E-state index contributed by atoms with van der Waals surface area (Å²) in [5.74, 6) is 0.392. The summed E-state index contributed by atoms with van der Waals surface area (Å²) in [4.78, 5) is 0. The fraction of sp³-hybridized carbons (Fsp3) is 0.200. The third-order valence-corrected chi connectivity index (χ3v) is 4.05. The van der Waals surface area contributed by atoms with Crippen LogP contribution < -0.4 is 10.5 Å². The van der Waals surface area contributed by atoms with Crippen LogP contribution in [-0.4, -0.2) is 7.11 Å². The van der Waals surface area contributed by atoms with Crippen LogP contribution >= 0.6 is 27.5 Å². The predicted octanol–water partition coefficient (Wildman–Crippen LogP) is 4.49. The Balaban J connectivity index is 2.30. The zero-order valence-electron chi connectivity index (χ0n) is 10.9. The molecule has 20 heavy (non-hydrogen) atoms. The average Bonchev–Trinajstić information content (AvgIpc) is 2.42. The number of ether oxygens (including phenoxy) is 1. The van der Waals surface area contributed by atoms with E-state index in [9.17, 15) is 4.39 Å². The minimum Gasteiger partial charge on any atom is -0.496 e. The third kappa shape index (κ3) is 3.51. The van der Waals surface area contributed by atoms with Gasteiger partial charge in [0.1, 0.15) is 11.6 Å². The van der Waals surface area contributed by atoms with Gasteiger partial charge in [-0.1, -0.05) is 27.5 Å². The molecule has 5 heteroatoms. The first-order valence-electron chi connectivity index (χ1n) is 6.04. The van der Waals surface area contributed by atoms with E-state index >= 15 is 0 Å². The number of hydrogen-bond donors (Lipinski definition) is 1. The van der Waals surface area contributed by atoms with Gasteiger partial charge in [0.25, 0.3) is 0 Å². The van der Waals surface area contributed by atoms with E-state index in [4.69, 9.17) is 22.1 Å². The van der Waals surface area contributed by atoms with Crippen molar-refractivity contribution in [3.63, 3.8) is 0 Å². The lowest BCUT2D eigenvalue weighted by Crippen LogP contribution is -2.15. The fourth-order valence-corrected chi connectivity index (χ4v) is 2.63. The van der Waals surface area contributed by atoms with Crippen molar-refractivity contribution in [3.05, 3.63) is 62.8 Å². The lowest BCUT2D eigenvalue weighted by molar-refractivity contribution is 0.405. The van der Waals surface area contributed by atoms with Gasteiger partial charge in [-0.3, -0.25) is 0 Å². The summed E-state index contributed by atoms with van der Waals surface area (Å²) < 4.78 is 19.4. The first-order valence-corrected chi connectivity index (χ1v) is 7.21. The maximum Gasteiger partial charge on any atom is 0.123 e. The minimum absolute atomic E-state index is 0.284. The molecule has 106 valence electrons. The van der Waals surface area contributed by atoms with Gasteiger partial charge in [-0.25, -0.2) is 4.39 Å². The molecule has 0 aliphatic rings. The van der Waals surface area contributed by atoms with Gasteiger partial charge in [-0.15, -0.1) is 0 Å². The zero-order valence-corrected chi connectivity index (χ0v) is 13.2. The third-order valence-electron chi connectivity index (χ3n) is 3.04. The van der Waals surface area contributed by atoms with E-state index < -0.39 is 0 Å². The molecular weight excluding hydrogens is 345 g/mol. The Morgan fingerprint density at radius 3 is 2.75 bits per heavy atom. The van der Waals surface area contributed by atoms with Gasteiger partial charge in [0.15, 0.2) is 0 Å². The molecular formula is C15H14BrClFNO. The lowest BCUT2D eigenvalue weighted by atomic mass is 9.99. The van der Waals surface area contributed by atoms with Crippen molar-refractivity contribution in [3.8, 4) is 5.75 Å². The first-order chi connectivity index (χ1) is 9.51. The van der Waals surface area contributed by atoms with Crippen molar-refractivity contribution in [1.82, 2.24) is 0 Å². The molecule has 0 aromatic heterocycles. The summed E-state index contributed by atoms with van der Waals surface area (Å²) in [7, 11) is 1.58. The number of rotatable bonds is 4. The van der Waals surface area contributed by atoms with Gasteiger partial charge in [0.2, 0.25) is 0 Å². The van der Waals surface area contributed by atoms with Crippen molar-refractivity contribution in [2.45, 2.75) is 12.5 Å². The van der Waals surface area contributed by atoms with E-state index in [-0.39, 0.29) is 11.9 Å². The largest absolute Gasteiger partial charge is 0.496 e. The molecule has 0 radical (unpaired) electrons. The molecule has 0 saturated carbocycles. The normalized spacial score (nSPS) is 12.2. The lowest BCUT2D eigenvalue weighted by Gasteiger charge is -2.17. The summed E-state index contributed by atoms with van der Waals surface area (Å²) in [6.07, 6.45) is 0.481. The molecule has 2 N–H and O–H groups in total. The molecule has 0 amide bonds. The summed E-state index contributed by atoms with van der Waals surface area (Å²) in [6, 6.07) is 9.51. The molecule has 1 atom stereocenters. The fourth-order valence-electron chi connectivity index (χ4n) is 2.04. The van der Waals surface area contributed by atoms with E-state index in [0.717, 1.165) is 15.6 Å². The van der Waals surface area contributed by atoms with Crippen molar-refractivity contribution >= 4 is 27.5 Å². The summed E-state index contributed by atoms with van der Waals surface area (Å²) >= 11 is 9.40. The molecule has 1 unspecified atom stereocenters. The van der Waals surface area contributed by atoms with E-state index in [1.54, 1.807) is 31.4 Å². The Labute approximate surface area is 130 Å². The number of nitrogens with two attached hydrogens (primary N) is 1. The van der Waals surface area contributed by atoms with Crippen LogP contribution in [0.5, 0.6) is 5.75 Å². The topological polar surface area (TPSA) is 35.2 Å². The standard InChI is InChI=1S/C15H14BrClFNO/c1-20-15-5-2-10(17)8-12(15)14(19)7-9-6-11(18)3-4-13(9)16/h2-6,8,14H,7,19H2,1H3. The quantitative estimate of drug-likeness (QED) is 0.874. The van der Waals surface area contributed by atoms with Gasteiger partial charge < -0.3 is 10.5 Å². The second-order valence-electron chi connectivity index (χ2n) is 4.43. The molecule has 2 aromatic carbocycles. The highest BCUT2D eigenvalue weighted by molar-refractivity contribution is 9.10. The molecule has 0 fully saturated rings. The second kappa shape index (κ2) is 6.57. The highest BCUT2D eigenvalue weighted by Gasteiger charge is 2.15. The molecule has 2 rings (SSSR count). The first kappa shape index (κ1) is 15.3. The number of halogens is 3. The van der Waals surface area contributed by atoms with Gasteiger partial charge in [0, 0.05) is 21.1 Å². The Bertz CT molecular complexity index is 621. The van der Waals surface area contributed by atoms with Crippen LogP contribution in [0.25, 0.3) is 0 Å². The van der Waals surface area contributed by atoms with Crippen LogP contribution in [0.2, 0.25) is 5.02 Å². The molecule has 2 aromatic rings. The molecule has 0 spiro atoms. The summed E-state index contributed by atoms with van der Waals surface area (Å²) in [6.45, 7) is 0. The Kier molecular flexibility index (Phi) is 5.02. The molecule has 2 nitrogen and oxygen atoms in total. The van der Waals surface area contributed by atoms with Crippen molar-refractivity contribution in [1.29, 1.82) is 0 Å². The van der Waals surface area contributed by atoms with E-state index in [1.807, 2.05) is 0 Å². The van der Waals surface area contributed by atoms with Gasteiger partial charge >= 0.3 is 0 Å². The maximum absolute atomic E-state index is 13.3. The van der Waals surface area contributed by atoms with Crippen LogP contribution in [0, 0.1) is 5.82 Å². The Hall–Kier alpha value is -1.10. The van der Waals surface area contributed by atoms with E-state index in [2.05, 4.69) is 15.9 Å². The van der Waals surface area contributed by atoms with Gasteiger partial charge in [0.05, 0.1) is 7.11 Å². The molecule has 0 aliphatic heterocycles. The van der Waals surface area contributed by atoms with Crippen molar-refractivity contribution < 1.29 is 9.13 Å². The number of hydrogen-bond acceptors (Lipinski definition) is 2. The molecule has 0 heterocycles. The smallest absolute Gasteiger partial charge is 0.123 e. The number of benzene rings is 2.